The number of carbonyl (C=O) groups is 2. The molecule has 1 fully saturated rings. The van der Waals surface area contributed by atoms with E-state index >= 15 is 0 Å². The molecule has 0 radical (unpaired) electrons. The van der Waals surface area contributed by atoms with Crippen LogP contribution in [0.25, 0.3) is 11.1 Å². The summed E-state index contributed by atoms with van der Waals surface area (Å²) in [5.41, 5.74) is 5.10. The van der Waals surface area contributed by atoms with Gasteiger partial charge in [-0.05, 0) is 78.1 Å². The van der Waals surface area contributed by atoms with Crippen LogP contribution in [0, 0.1) is 5.92 Å². The molecule has 2 aromatic rings. The van der Waals surface area contributed by atoms with E-state index < -0.39 is 6.04 Å². The Bertz CT molecular complexity index is 1120. The molecule has 184 valence electrons. The molecule has 2 aliphatic rings. The Morgan fingerprint density at radius 1 is 1.09 bits per heavy atom. The van der Waals surface area contributed by atoms with Gasteiger partial charge in [0.2, 0.25) is 5.91 Å². The summed E-state index contributed by atoms with van der Waals surface area (Å²) in [6.45, 7) is 3.84. The van der Waals surface area contributed by atoms with Crippen molar-refractivity contribution in [2.24, 2.45) is 5.92 Å². The van der Waals surface area contributed by atoms with Crippen LogP contribution in [0.1, 0.15) is 61.9 Å². The van der Waals surface area contributed by atoms with E-state index in [4.69, 9.17) is 0 Å². The molecular formula is C29H35N3O3. The van der Waals surface area contributed by atoms with E-state index in [1.54, 1.807) is 12.4 Å². The van der Waals surface area contributed by atoms with Crippen LogP contribution in [-0.2, 0) is 11.2 Å². The summed E-state index contributed by atoms with van der Waals surface area (Å²) in [6, 6.07) is 9.37. The standard InChI is InChI=1S/C29H35N3O3/c1-3-20-16-22(21-10-12-30-13-11-21)8-9-26(20)29(35)32-27(18-33)23-14-19(2)15-24(17-23)28(34)31-25-6-4-5-7-25/h8-14,16-17,19,25,27,33H,3-7,15,18H2,1-2H3,(H,31,34)(H,32,35)/t19?,27-/m1/s1. The summed E-state index contributed by atoms with van der Waals surface area (Å²) in [4.78, 5) is 30.2. The van der Waals surface area contributed by atoms with Crippen molar-refractivity contribution in [1.82, 2.24) is 15.6 Å². The van der Waals surface area contributed by atoms with Gasteiger partial charge < -0.3 is 15.7 Å². The largest absolute Gasteiger partial charge is 0.394 e. The highest BCUT2D eigenvalue weighted by Gasteiger charge is 2.26. The Hall–Kier alpha value is -3.25. The third-order valence-electron chi connectivity index (χ3n) is 6.98. The lowest BCUT2D eigenvalue weighted by molar-refractivity contribution is -0.118. The quantitative estimate of drug-likeness (QED) is 0.532. The number of rotatable bonds is 8. The maximum Gasteiger partial charge on any atom is 0.252 e. The fraction of sp³-hybridized carbons (Fsp3) is 0.414. The van der Waals surface area contributed by atoms with Crippen molar-refractivity contribution in [3.63, 3.8) is 0 Å². The minimum atomic E-state index is -0.580. The number of aliphatic hydroxyl groups excluding tert-OH is 1. The average Bonchev–Trinajstić information content (AvgIpc) is 3.40. The SMILES string of the molecule is CCc1cc(-c2ccncc2)ccc1C(=O)N[C@H](CO)C1=CC(C)CC(C(=O)NC2CCCC2)=C1. The first kappa shape index (κ1) is 24.9. The number of amides is 2. The highest BCUT2D eigenvalue weighted by Crippen LogP contribution is 2.27. The molecule has 0 spiro atoms. The number of hydrogen-bond donors (Lipinski definition) is 3. The fourth-order valence-electron chi connectivity index (χ4n) is 5.07. The number of nitrogens with one attached hydrogen (secondary N) is 2. The van der Waals surface area contributed by atoms with Crippen LogP contribution in [0.2, 0.25) is 0 Å². The zero-order valence-corrected chi connectivity index (χ0v) is 20.6. The first-order valence-corrected chi connectivity index (χ1v) is 12.7. The Morgan fingerprint density at radius 3 is 2.51 bits per heavy atom. The van der Waals surface area contributed by atoms with Crippen molar-refractivity contribution in [2.45, 2.75) is 64.5 Å². The second-order valence-corrected chi connectivity index (χ2v) is 9.64. The van der Waals surface area contributed by atoms with E-state index in [1.165, 1.54) is 0 Å². The van der Waals surface area contributed by atoms with Crippen LogP contribution in [0.3, 0.4) is 0 Å². The molecule has 1 unspecified atom stereocenters. The van der Waals surface area contributed by atoms with Crippen LogP contribution in [0.5, 0.6) is 0 Å². The minimum Gasteiger partial charge on any atom is -0.394 e. The summed E-state index contributed by atoms with van der Waals surface area (Å²) in [5, 5.41) is 16.3. The van der Waals surface area contributed by atoms with Crippen LogP contribution >= 0.6 is 0 Å². The van der Waals surface area contributed by atoms with Gasteiger partial charge in [0.05, 0.1) is 12.6 Å². The predicted molar refractivity (Wildman–Crippen MR) is 138 cm³/mol. The van der Waals surface area contributed by atoms with Gasteiger partial charge in [0, 0.05) is 29.6 Å². The second kappa shape index (κ2) is 11.5. The molecule has 1 aromatic heterocycles. The van der Waals surface area contributed by atoms with E-state index in [9.17, 15) is 14.7 Å². The number of benzene rings is 1. The lowest BCUT2D eigenvalue weighted by Crippen LogP contribution is -2.40. The summed E-state index contributed by atoms with van der Waals surface area (Å²) in [5.74, 6) is -0.111. The first-order chi connectivity index (χ1) is 17.0. The molecule has 0 bridgehead atoms. The summed E-state index contributed by atoms with van der Waals surface area (Å²) < 4.78 is 0. The lowest BCUT2D eigenvalue weighted by atomic mass is 9.88. The summed E-state index contributed by atoms with van der Waals surface area (Å²) in [7, 11) is 0. The third-order valence-corrected chi connectivity index (χ3v) is 6.98. The molecule has 1 aromatic carbocycles. The number of aromatic nitrogens is 1. The number of allylic oxidation sites excluding steroid dienone is 1. The molecule has 2 aliphatic carbocycles. The number of aryl methyl sites for hydroxylation is 1. The number of aliphatic hydroxyl groups is 1. The van der Waals surface area contributed by atoms with Crippen molar-refractivity contribution < 1.29 is 14.7 Å². The van der Waals surface area contributed by atoms with Crippen LogP contribution in [-0.4, -0.2) is 40.6 Å². The van der Waals surface area contributed by atoms with Crippen LogP contribution < -0.4 is 10.6 Å². The molecule has 0 aliphatic heterocycles. The molecule has 1 heterocycles. The Labute approximate surface area is 207 Å². The zero-order chi connectivity index (χ0) is 24.8. The highest BCUT2D eigenvalue weighted by atomic mass is 16.3. The van der Waals surface area contributed by atoms with Crippen molar-refractivity contribution in [2.75, 3.05) is 6.61 Å². The molecule has 4 rings (SSSR count). The molecule has 6 heteroatoms. The average molecular weight is 474 g/mol. The van der Waals surface area contributed by atoms with Gasteiger partial charge in [-0.3, -0.25) is 14.6 Å². The van der Waals surface area contributed by atoms with Gasteiger partial charge in [0.1, 0.15) is 0 Å². The molecule has 6 nitrogen and oxygen atoms in total. The number of nitrogens with zero attached hydrogens (tertiary/aromatic N) is 1. The molecule has 35 heavy (non-hydrogen) atoms. The maximum atomic E-state index is 13.3. The molecule has 2 amide bonds. The molecular weight excluding hydrogens is 438 g/mol. The number of carbonyl (C=O) groups excluding carboxylic acids is 2. The summed E-state index contributed by atoms with van der Waals surface area (Å²) >= 11 is 0. The summed E-state index contributed by atoms with van der Waals surface area (Å²) in [6.07, 6.45) is 13.1. The van der Waals surface area contributed by atoms with E-state index in [0.29, 0.717) is 24.0 Å². The van der Waals surface area contributed by atoms with Crippen molar-refractivity contribution in [3.8, 4) is 11.1 Å². The third kappa shape index (κ3) is 6.06. The van der Waals surface area contributed by atoms with Gasteiger partial charge in [-0.15, -0.1) is 0 Å². The molecule has 2 atom stereocenters. The monoisotopic (exact) mass is 473 g/mol. The highest BCUT2D eigenvalue weighted by molar-refractivity contribution is 5.97. The molecule has 3 N–H and O–H groups in total. The van der Waals surface area contributed by atoms with Crippen molar-refractivity contribution >= 4 is 11.8 Å². The number of hydrogen-bond acceptors (Lipinski definition) is 4. The molecule has 0 saturated heterocycles. The van der Waals surface area contributed by atoms with E-state index in [-0.39, 0.29) is 30.4 Å². The Kier molecular flexibility index (Phi) is 8.13. The van der Waals surface area contributed by atoms with Gasteiger partial charge in [0.25, 0.3) is 5.91 Å². The minimum absolute atomic E-state index is 0.0302. The van der Waals surface area contributed by atoms with Gasteiger partial charge >= 0.3 is 0 Å². The van der Waals surface area contributed by atoms with Gasteiger partial charge in [-0.2, -0.15) is 0 Å². The van der Waals surface area contributed by atoms with E-state index in [2.05, 4.69) is 22.5 Å². The predicted octanol–water partition coefficient (Wildman–Crippen LogP) is 4.35. The van der Waals surface area contributed by atoms with Gasteiger partial charge in [0.15, 0.2) is 0 Å². The zero-order valence-electron chi connectivity index (χ0n) is 20.6. The number of pyridine rings is 1. The smallest absolute Gasteiger partial charge is 0.252 e. The van der Waals surface area contributed by atoms with Gasteiger partial charge in [-0.1, -0.05) is 44.9 Å². The fourth-order valence-corrected chi connectivity index (χ4v) is 5.07. The Morgan fingerprint density at radius 2 is 1.83 bits per heavy atom. The van der Waals surface area contributed by atoms with Crippen molar-refractivity contribution in [1.29, 1.82) is 0 Å². The van der Waals surface area contributed by atoms with Gasteiger partial charge in [-0.25, -0.2) is 0 Å². The second-order valence-electron chi connectivity index (χ2n) is 9.64. The lowest BCUT2D eigenvalue weighted by Gasteiger charge is -2.25. The molecule has 1 saturated carbocycles. The van der Waals surface area contributed by atoms with E-state index in [1.807, 2.05) is 49.4 Å². The Balaban J connectivity index is 1.50. The van der Waals surface area contributed by atoms with Crippen molar-refractivity contribution in [3.05, 3.63) is 77.2 Å². The van der Waals surface area contributed by atoms with Crippen LogP contribution in [0.15, 0.2) is 66.0 Å². The van der Waals surface area contributed by atoms with E-state index in [0.717, 1.165) is 47.9 Å². The first-order valence-electron chi connectivity index (χ1n) is 12.7. The maximum absolute atomic E-state index is 13.3. The normalized spacial score (nSPS) is 19.0. The topological polar surface area (TPSA) is 91.3 Å². The van der Waals surface area contributed by atoms with Crippen LogP contribution in [0.4, 0.5) is 0 Å².